The van der Waals surface area contributed by atoms with Gasteiger partial charge >= 0.3 is 0 Å². The zero-order valence-electron chi connectivity index (χ0n) is 5.82. The van der Waals surface area contributed by atoms with Crippen molar-refractivity contribution in [1.82, 2.24) is 9.97 Å². The summed E-state index contributed by atoms with van der Waals surface area (Å²) in [4.78, 5) is 7.56. The molecule has 0 radical (unpaired) electrons. The van der Waals surface area contributed by atoms with Crippen molar-refractivity contribution in [3.63, 3.8) is 0 Å². The van der Waals surface area contributed by atoms with Crippen molar-refractivity contribution in [2.75, 3.05) is 12.3 Å². The van der Waals surface area contributed by atoms with Crippen LogP contribution in [0.25, 0.3) is 0 Å². The highest BCUT2D eigenvalue weighted by atomic mass is 16.5. The van der Waals surface area contributed by atoms with Gasteiger partial charge in [-0.05, 0) is 0 Å². The zero-order chi connectivity index (χ0) is 8.10. The first-order chi connectivity index (χ1) is 5.34. The van der Waals surface area contributed by atoms with Crippen LogP contribution in [0.3, 0.4) is 0 Å². The fourth-order valence-electron chi connectivity index (χ4n) is 0.557. The summed E-state index contributed by atoms with van der Waals surface area (Å²) >= 11 is 0. The Morgan fingerprint density at radius 1 is 1.55 bits per heavy atom. The number of nitrogens with two attached hydrogens (primary N) is 1. The quantitative estimate of drug-likeness (QED) is 0.604. The molecule has 2 N–H and O–H groups in total. The maximum atomic E-state index is 5.39. The van der Waals surface area contributed by atoms with Gasteiger partial charge in [-0.15, -0.1) is 6.42 Å². The molecule has 4 heteroatoms. The summed E-state index contributed by atoms with van der Waals surface area (Å²) in [6.45, 7) is 0.156. The molecule has 0 aliphatic rings. The lowest BCUT2D eigenvalue weighted by molar-refractivity contribution is 0.356. The lowest BCUT2D eigenvalue weighted by Gasteiger charge is -2.01. The Bertz CT molecular complexity index is 279. The largest absolute Gasteiger partial charge is 0.462 e. The third-order valence-electron chi connectivity index (χ3n) is 0.983. The molecule has 1 aromatic heterocycles. The number of nitrogens with zero attached hydrogens (tertiary/aromatic N) is 2. The predicted molar refractivity (Wildman–Crippen MR) is 40.8 cm³/mol. The van der Waals surface area contributed by atoms with Crippen LogP contribution in [0, 0.1) is 12.3 Å². The van der Waals surface area contributed by atoms with Gasteiger partial charge in [0, 0.05) is 12.4 Å². The first-order valence-corrected chi connectivity index (χ1v) is 2.97. The number of aromatic nitrogens is 2. The van der Waals surface area contributed by atoms with Crippen molar-refractivity contribution in [3.8, 4) is 18.2 Å². The Morgan fingerprint density at radius 2 is 2.27 bits per heavy atom. The fourth-order valence-corrected chi connectivity index (χ4v) is 0.557. The number of anilines is 1. The zero-order valence-corrected chi connectivity index (χ0v) is 5.82. The topological polar surface area (TPSA) is 61.0 Å². The molecule has 0 spiro atoms. The van der Waals surface area contributed by atoms with E-state index >= 15 is 0 Å². The molecular formula is C7H7N3O. The minimum atomic E-state index is 0.156. The van der Waals surface area contributed by atoms with Crippen LogP contribution >= 0.6 is 0 Å². The number of terminal acetylenes is 1. The predicted octanol–water partition coefficient (Wildman–Crippen LogP) is 0.0708. The van der Waals surface area contributed by atoms with Gasteiger partial charge in [0.15, 0.2) is 12.4 Å². The summed E-state index contributed by atoms with van der Waals surface area (Å²) < 4.78 is 4.95. The highest BCUT2D eigenvalue weighted by Crippen LogP contribution is 2.11. The molecule has 0 amide bonds. The van der Waals surface area contributed by atoms with Crippen molar-refractivity contribution < 1.29 is 4.74 Å². The molecule has 0 atom stereocenters. The molecule has 1 heterocycles. The lowest BCUT2D eigenvalue weighted by atomic mass is 10.6. The van der Waals surface area contributed by atoms with Crippen LogP contribution in [0.15, 0.2) is 12.4 Å². The third-order valence-corrected chi connectivity index (χ3v) is 0.983. The van der Waals surface area contributed by atoms with E-state index in [9.17, 15) is 0 Å². The summed E-state index contributed by atoms with van der Waals surface area (Å²) in [6, 6.07) is 0. The van der Waals surface area contributed by atoms with Crippen molar-refractivity contribution in [3.05, 3.63) is 12.4 Å². The van der Waals surface area contributed by atoms with Gasteiger partial charge in [0.1, 0.15) is 0 Å². The highest BCUT2D eigenvalue weighted by molar-refractivity contribution is 5.38. The van der Waals surface area contributed by atoms with Crippen LogP contribution < -0.4 is 10.5 Å². The number of rotatable bonds is 2. The van der Waals surface area contributed by atoms with E-state index in [-0.39, 0.29) is 18.3 Å². The Hall–Kier alpha value is -1.76. The van der Waals surface area contributed by atoms with E-state index in [2.05, 4.69) is 15.9 Å². The molecule has 0 aliphatic carbocycles. The Morgan fingerprint density at radius 3 is 2.91 bits per heavy atom. The lowest BCUT2D eigenvalue weighted by Crippen LogP contribution is -2.01. The number of ether oxygens (including phenoxy) is 1. The van der Waals surface area contributed by atoms with Gasteiger partial charge in [0.2, 0.25) is 0 Å². The summed E-state index contributed by atoms with van der Waals surface area (Å²) in [5.74, 6) is 2.83. The van der Waals surface area contributed by atoms with E-state index < -0.39 is 0 Å². The second kappa shape index (κ2) is 3.42. The smallest absolute Gasteiger partial charge is 0.258 e. The minimum Gasteiger partial charge on any atom is -0.462 e. The van der Waals surface area contributed by atoms with E-state index in [0.29, 0.717) is 0 Å². The maximum absolute atomic E-state index is 5.39. The van der Waals surface area contributed by atoms with Crippen molar-refractivity contribution in [1.29, 1.82) is 0 Å². The Kier molecular flexibility index (Phi) is 2.28. The molecule has 0 unspecified atom stereocenters. The highest BCUT2D eigenvalue weighted by Gasteiger charge is 1.98. The Balaban J connectivity index is 2.71. The van der Waals surface area contributed by atoms with Crippen molar-refractivity contribution >= 4 is 5.82 Å². The first kappa shape index (κ1) is 7.35. The van der Waals surface area contributed by atoms with Crippen LogP contribution in [-0.4, -0.2) is 16.6 Å². The molecule has 4 nitrogen and oxygen atoms in total. The molecule has 0 aromatic carbocycles. The summed E-state index contributed by atoms with van der Waals surface area (Å²) in [5.41, 5.74) is 5.39. The summed E-state index contributed by atoms with van der Waals surface area (Å²) in [5, 5.41) is 0. The van der Waals surface area contributed by atoms with Gasteiger partial charge in [-0.25, -0.2) is 9.97 Å². The second-order valence-electron chi connectivity index (χ2n) is 1.74. The van der Waals surface area contributed by atoms with Gasteiger partial charge in [-0.3, -0.25) is 0 Å². The van der Waals surface area contributed by atoms with E-state index in [1.54, 1.807) is 0 Å². The molecule has 11 heavy (non-hydrogen) atoms. The van der Waals surface area contributed by atoms with Gasteiger partial charge < -0.3 is 10.5 Å². The van der Waals surface area contributed by atoms with Crippen molar-refractivity contribution in [2.24, 2.45) is 0 Å². The van der Waals surface area contributed by atoms with Crippen LogP contribution in [-0.2, 0) is 0 Å². The van der Waals surface area contributed by atoms with Gasteiger partial charge in [-0.1, -0.05) is 5.92 Å². The second-order valence-corrected chi connectivity index (χ2v) is 1.74. The Labute approximate surface area is 64.4 Å². The normalized spacial score (nSPS) is 8.64. The van der Waals surface area contributed by atoms with E-state index in [1.165, 1.54) is 12.4 Å². The van der Waals surface area contributed by atoms with Gasteiger partial charge in [0.05, 0.1) is 0 Å². The van der Waals surface area contributed by atoms with Crippen LogP contribution in [0.5, 0.6) is 5.88 Å². The SMILES string of the molecule is C#CCOc1nccnc1N. The van der Waals surface area contributed by atoms with E-state index in [4.69, 9.17) is 16.9 Å². The van der Waals surface area contributed by atoms with E-state index in [1.807, 2.05) is 0 Å². The summed E-state index contributed by atoms with van der Waals surface area (Å²) in [6.07, 6.45) is 7.93. The van der Waals surface area contributed by atoms with Crippen molar-refractivity contribution in [2.45, 2.75) is 0 Å². The number of nitrogen functional groups attached to an aromatic ring is 1. The van der Waals surface area contributed by atoms with Crippen LogP contribution in [0.2, 0.25) is 0 Å². The standard InChI is InChI=1S/C7H7N3O/c1-2-5-11-7-6(8)9-3-4-10-7/h1,3-4H,5H2,(H2,8,9). The average Bonchev–Trinajstić information content (AvgIpc) is 2.03. The molecular weight excluding hydrogens is 142 g/mol. The molecule has 0 fully saturated rings. The first-order valence-electron chi connectivity index (χ1n) is 2.97. The van der Waals surface area contributed by atoms with Gasteiger partial charge in [-0.2, -0.15) is 0 Å². The van der Waals surface area contributed by atoms with Crippen LogP contribution in [0.4, 0.5) is 5.82 Å². The number of hydrogen-bond acceptors (Lipinski definition) is 4. The molecule has 1 aromatic rings. The molecule has 0 aliphatic heterocycles. The maximum Gasteiger partial charge on any atom is 0.258 e. The summed E-state index contributed by atoms with van der Waals surface area (Å²) in [7, 11) is 0. The van der Waals surface area contributed by atoms with Gasteiger partial charge in [0.25, 0.3) is 5.88 Å². The third kappa shape index (κ3) is 1.83. The monoisotopic (exact) mass is 149 g/mol. The van der Waals surface area contributed by atoms with E-state index in [0.717, 1.165) is 0 Å². The molecule has 0 saturated heterocycles. The van der Waals surface area contributed by atoms with Crippen LogP contribution in [0.1, 0.15) is 0 Å². The molecule has 56 valence electrons. The molecule has 0 bridgehead atoms. The minimum absolute atomic E-state index is 0.156. The number of hydrogen-bond donors (Lipinski definition) is 1. The fraction of sp³-hybridized carbons (Fsp3) is 0.143. The average molecular weight is 149 g/mol. The molecule has 0 saturated carbocycles. The molecule has 1 rings (SSSR count).